The highest BCUT2D eigenvalue weighted by Crippen LogP contribution is 2.23. The molecule has 0 aliphatic carbocycles. The van der Waals surface area contributed by atoms with Crippen molar-refractivity contribution in [2.45, 2.75) is 39.2 Å². The second-order valence-corrected chi connectivity index (χ2v) is 5.26. The number of amides is 1. The van der Waals surface area contributed by atoms with E-state index in [1.54, 1.807) is 6.07 Å². The maximum Gasteiger partial charge on any atom is 0.256 e. The fourth-order valence-corrected chi connectivity index (χ4v) is 2.32. The predicted molar refractivity (Wildman–Crippen MR) is 79.4 cm³/mol. The number of nitrogens with zero attached hydrogens (tertiary/aromatic N) is 1. The zero-order chi connectivity index (χ0) is 13.8. The summed E-state index contributed by atoms with van der Waals surface area (Å²) in [5.41, 5.74) is 8.05. The Hall–Kier alpha value is -1.71. The maximum atomic E-state index is 12.5. The lowest BCUT2D eigenvalue weighted by Crippen LogP contribution is -2.29. The average Bonchev–Trinajstić information content (AvgIpc) is 2.93. The molecule has 0 aromatic heterocycles. The van der Waals surface area contributed by atoms with Crippen LogP contribution in [-0.4, -0.2) is 29.9 Å². The van der Waals surface area contributed by atoms with E-state index in [1.807, 2.05) is 17.0 Å². The number of carbonyl (C=O) groups is 1. The van der Waals surface area contributed by atoms with E-state index in [1.165, 1.54) is 0 Å². The molecule has 0 radical (unpaired) electrons. The predicted octanol–water partition coefficient (Wildman–Crippen LogP) is 2.72. The van der Waals surface area contributed by atoms with Gasteiger partial charge in [0.1, 0.15) is 0 Å². The molecule has 1 aliphatic heterocycles. The summed E-state index contributed by atoms with van der Waals surface area (Å²) < 4.78 is 0. The van der Waals surface area contributed by atoms with Crippen LogP contribution >= 0.6 is 0 Å². The van der Waals surface area contributed by atoms with Crippen LogP contribution in [-0.2, 0) is 0 Å². The van der Waals surface area contributed by atoms with Crippen LogP contribution in [0.25, 0.3) is 0 Å². The minimum atomic E-state index is 0.0932. The summed E-state index contributed by atoms with van der Waals surface area (Å²) in [6.07, 6.45) is 3.21. The molecule has 4 nitrogen and oxygen atoms in total. The van der Waals surface area contributed by atoms with Crippen molar-refractivity contribution in [3.05, 3.63) is 23.8 Å². The summed E-state index contributed by atoms with van der Waals surface area (Å²) in [5, 5.41) is 3.39. The molecule has 0 bridgehead atoms. The molecule has 1 fully saturated rings. The Morgan fingerprint density at radius 3 is 2.74 bits per heavy atom. The van der Waals surface area contributed by atoms with Gasteiger partial charge in [0.25, 0.3) is 5.91 Å². The smallest absolute Gasteiger partial charge is 0.256 e. The molecule has 1 atom stereocenters. The van der Waals surface area contributed by atoms with E-state index >= 15 is 0 Å². The van der Waals surface area contributed by atoms with Crippen molar-refractivity contribution in [2.75, 3.05) is 24.1 Å². The third-order valence-corrected chi connectivity index (χ3v) is 3.68. The summed E-state index contributed by atoms with van der Waals surface area (Å²) in [6, 6.07) is 5.87. The lowest BCUT2D eigenvalue weighted by molar-refractivity contribution is 0.0794. The first-order chi connectivity index (χ1) is 9.11. The molecule has 104 valence electrons. The van der Waals surface area contributed by atoms with Crippen molar-refractivity contribution in [2.24, 2.45) is 0 Å². The number of nitrogens with one attached hydrogen (secondary N) is 1. The molecule has 4 heteroatoms. The van der Waals surface area contributed by atoms with E-state index in [4.69, 9.17) is 5.73 Å². The second-order valence-electron chi connectivity index (χ2n) is 5.26. The van der Waals surface area contributed by atoms with Gasteiger partial charge >= 0.3 is 0 Å². The highest BCUT2D eigenvalue weighted by molar-refractivity contribution is 6.00. The molecule has 1 saturated heterocycles. The molecule has 0 unspecified atom stereocenters. The number of nitrogen functional groups attached to an aromatic ring is 1. The first kappa shape index (κ1) is 13.7. The number of rotatable bonds is 4. The van der Waals surface area contributed by atoms with Gasteiger partial charge < -0.3 is 16.0 Å². The summed E-state index contributed by atoms with van der Waals surface area (Å²) in [7, 11) is 0. The van der Waals surface area contributed by atoms with Gasteiger partial charge in [0, 0.05) is 30.5 Å². The van der Waals surface area contributed by atoms with Gasteiger partial charge in [-0.1, -0.05) is 6.92 Å². The third kappa shape index (κ3) is 3.19. The van der Waals surface area contributed by atoms with Gasteiger partial charge in [0.2, 0.25) is 0 Å². The molecule has 1 aromatic rings. The van der Waals surface area contributed by atoms with Crippen LogP contribution < -0.4 is 11.1 Å². The van der Waals surface area contributed by atoms with Gasteiger partial charge in [-0.2, -0.15) is 0 Å². The lowest BCUT2D eigenvalue weighted by Gasteiger charge is -2.20. The molecule has 2 rings (SSSR count). The van der Waals surface area contributed by atoms with Crippen LogP contribution in [0.2, 0.25) is 0 Å². The van der Waals surface area contributed by atoms with Gasteiger partial charge in [-0.05, 0) is 44.4 Å². The van der Waals surface area contributed by atoms with Crippen LogP contribution in [0.5, 0.6) is 0 Å². The van der Waals surface area contributed by atoms with Crippen LogP contribution in [0.1, 0.15) is 43.5 Å². The fraction of sp³-hybridized carbons (Fsp3) is 0.533. The van der Waals surface area contributed by atoms with Crippen LogP contribution in [0, 0.1) is 0 Å². The molecule has 1 aromatic carbocycles. The van der Waals surface area contributed by atoms with Crippen molar-refractivity contribution in [3.8, 4) is 0 Å². The largest absolute Gasteiger partial charge is 0.399 e. The number of likely N-dealkylation sites (tertiary alicyclic amines) is 1. The van der Waals surface area contributed by atoms with Crippen LogP contribution in [0.4, 0.5) is 11.4 Å². The zero-order valence-corrected chi connectivity index (χ0v) is 11.8. The number of anilines is 2. The average molecular weight is 261 g/mol. The zero-order valence-electron chi connectivity index (χ0n) is 11.8. The second kappa shape index (κ2) is 5.95. The van der Waals surface area contributed by atoms with Crippen molar-refractivity contribution in [3.63, 3.8) is 0 Å². The van der Waals surface area contributed by atoms with E-state index in [-0.39, 0.29) is 5.91 Å². The van der Waals surface area contributed by atoms with Gasteiger partial charge in [0.15, 0.2) is 0 Å². The Morgan fingerprint density at radius 2 is 2.11 bits per heavy atom. The topological polar surface area (TPSA) is 58.4 Å². The quantitative estimate of drug-likeness (QED) is 0.819. The number of hydrogen-bond donors (Lipinski definition) is 2. The summed E-state index contributed by atoms with van der Waals surface area (Å²) in [4.78, 5) is 14.4. The standard InChI is InChI=1S/C15H23N3O/c1-3-11(2)17-14-7-6-12(16)10-13(14)15(19)18-8-4-5-9-18/h6-7,10-11,17H,3-5,8-9,16H2,1-2H3/t11-/m1/s1. The van der Waals surface area contributed by atoms with E-state index in [0.717, 1.165) is 38.0 Å². The van der Waals surface area contributed by atoms with E-state index in [0.29, 0.717) is 17.3 Å². The summed E-state index contributed by atoms with van der Waals surface area (Å²) in [6.45, 7) is 5.95. The number of hydrogen-bond acceptors (Lipinski definition) is 3. The molecule has 19 heavy (non-hydrogen) atoms. The summed E-state index contributed by atoms with van der Waals surface area (Å²) >= 11 is 0. The molecule has 1 aliphatic rings. The third-order valence-electron chi connectivity index (χ3n) is 3.68. The Morgan fingerprint density at radius 1 is 1.42 bits per heavy atom. The van der Waals surface area contributed by atoms with Gasteiger partial charge in [-0.25, -0.2) is 0 Å². The maximum absolute atomic E-state index is 12.5. The molecular formula is C15H23N3O. The Balaban J connectivity index is 2.25. The van der Waals surface area contributed by atoms with Gasteiger partial charge in [-0.15, -0.1) is 0 Å². The minimum absolute atomic E-state index is 0.0932. The highest BCUT2D eigenvalue weighted by atomic mass is 16.2. The van der Waals surface area contributed by atoms with Gasteiger partial charge in [-0.3, -0.25) is 4.79 Å². The summed E-state index contributed by atoms with van der Waals surface area (Å²) in [5.74, 6) is 0.0932. The number of carbonyl (C=O) groups excluding carboxylic acids is 1. The van der Waals surface area contributed by atoms with E-state index in [9.17, 15) is 4.79 Å². The Labute approximate surface area is 115 Å². The van der Waals surface area contributed by atoms with E-state index in [2.05, 4.69) is 19.2 Å². The molecular weight excluding hydrogens is 238 g/mol. The first-order valence-corrected chi connectivity index (χ1v) is 7.07. The number of benzene rings is 1. The highest BCUT2D eigenvalue weighted by Gasteiger charge is 2.22. The molecule has 1 heterocycles. The molecule has 0 saturated carbocycles. The van der Waals surface area contributed by atoms with Crippen molar-refractivity contribution >= 4 is 17.3 Å². The van der Waals surface area contributed by atoms with Crippen molar-refractivity contribution in [1.82, 2.24) is 4.90 Å². The van der Waals surface area contributed by atoms with Crippen LogP contribution in [0.3, 0.4) is 0 Å². The normalized spacial score (nSPS) is 16.4. The van der Waals surface area contributed by atoms with Gasteiger partial charge in [0.05, 0.1) is 5.56 Å². The molecule has 0 spiro atoms. The van der Waals surface area contributed by atoms with Crippen LogP contribution in [0.15, 0.2) is 18.2 Å². The van der Waals surface area contributed by atoms with Crippen molar-refractivity contribution in [1.29, 1.82) is 0 Å². The Kier molecular flexibility index (Phi) is 4.30. The van der Waals surface area contributed by atoms with Crippen molar-refractivity contribution < 1.29 is 4.79 Å². The first-order valence-electron chi connectivity index (χ1n) is 7.07. The lowest BCUT2D eigenvalue weighted by atomic mass is 10.1. The molecule has 3 N–H and O–H groups in total. The fourth-order valence-electron chi connectivity index (χ4n) is 2.32. The monoisotopic (exact) mass is 261 g/mol. The van der Waals surface area contributed by atoms with E-state index < -0.39 is 0 Å². The Bertz CT molecular complexity index is 453. The molecule has 1 amide bonds. The SMILES string of the molecule is CC[C@@H](C)Nc1ccc(N)cc1C(=O)N1CCCC1. The minimum Gasteiger partial charge on any atom is -0.399 e. The number of nitrogens with two attached hydrogens (primary N) is 1.